The van der Waals surface area contributed by atoms with E-state index in [0.717, 1.165) is 11.3 Å². The monoisotopic (exact) mass is 296 g/mol. The van der Waals surface area contributed by atoms with E-state index in [1.54, 1.807) is 35.7 Å². The van der Waals surface area contributed by atoms with E-state index in [2.05, 4.69) is 0 Å². The van der Waals surface area contributed by atoms with E-state index in [-0.39, 0.29) is 9.77 Å². The highest BCUT2D eigenvalue weighted by molar-refractivity contribution is 7.94. The molecule has 100 valence electrons. The molecule has 0 N–H and O–H groups in total. The molecule has 0 amide bonds. The molecule has 0 saturated carbocycles. The van der Waals surface area contributed by atoms with Crippen LogP contribution in [0.15, 0.2) is 46.0 Å². The van der Waals surface area contributed by atoms with Crippen LogP contribution in [0.2, 0.25) is 0 Å². The molecule has 2 rings (SSSR count). The van der Waals surface area contributed by atoms with Gasteiger partial charge in [-0.05, 0) is 23.6 Å². The smallest absolute Gasteiger partial charge is 0.195 e. The van der Waals surface area contributed by atoms with Crippen LogP contribution in [-0.2, 0) is 9.84 Å². The van der Waals surface area contributed by atoms with Crippen molar-refractivity contribution >= 4 is 27.0 Å². The quantitative estimate of drug-likeness (QED) is 0.795. The molecule has 0 fully saturated rings. The van der Waals surface area contributed by atoms with Crippen LogP contribution in [0.25, 0.3) is 0 Å². The average molecular weight is 296 g/mol. The zero-order chi connectivity index (χ0) is 13.9. The number of thiophene rings is 1. The van der Waals surface area contributed by atoms with Gasteiger partial charge in [-0.15, -0.1) is 11.3 Å². The fraction of sp³-hybridized carbons (Fsp3) is 0.154. The van der Waals surface area contributed by atoms with Crippen molar-refractivity contribution in [1.82, 2.24) is 0 Å². The topological polar surface area (TPSA) is 60.4 Å². The molecule has 1 aromatic carbocycles. The molecule has 2 aromatic rings. The minimum absolute atomic E-state index is 0.204. The van der Waals surface area contributed by atoms with Gasteiger partial charge >= 0.3 is 0 Å². The van der Waals surface area contributed by atoms with Crippen molar-refractivity contribution < 1.29 is 17.9 Å². The molecule has 0 aliphatic rings. The summed E-state index contributed by atoms with van der Waals surface area (Å²) in [4.78, 5) is 12.1. The van der Waals surface area contributed by atoms with Gasteiger partial charge in [-0.25, -0.2) is 8.42 Å². The summed E-state index contributed by atoms with van der Waals surface area (Å²) in [5.41, 5.74) is 0.283. The van der Waals surface area contributed by atoms with Crippen molar-refractivity contribution in [2.45, 2.75) is 4.21 Å². The summed E-state index contributed by atoms with van der Waals surface area (Å²) >= 11 is 1.11. The summed E-state index contributed by atoms with van der Waals surface area (Å²) in [6.45, 7) is 0. The minimum atomic E-state index is -3.58. The Morgan fingerprint density at radius 1 is 1.21 bits per heavy atom. The molecule has 19 heavy (non-hydrogen) atoms. The van der Waals surface area contributed by atoms with Crippen LogP contribution in [0.3, 0.4) is 0 Å². The van der Waals surface area contributed by atoms with Crippen molar-refractivity contribution in [2.24, 2.45) is 0 Å². The van der Waals surface area contributed by atoms with Crippen molar-refractivity contribution in [1.29, 1.82) is 0 Å². The van der Waals surface area contributed by atoms with Gasteiger partial charge in [0.25, 0.3) is 0 Å². The number of rotatable bonds is 5. The van der Waals surface area contributed by atoms with Crippen molar-refractivity contribution in [3.63, 3.8) is 0 Å². The summed E-state index contributed by atoms with van der Waals surface area (Å²) in [6.07, 6.45) is 0. The highest BCUT2D eigenvalue weighted by atomic mass is 32.2. The first-order valence-electron chi connectivity index (χ1n) is 5.47. The highest BCUT2D eigenvalue weighted by Gasteiger charge is 2.23. The van der Waals surface area contributed by atoms with Gasteiger partial charge in [0.2, 0.25) is 0 Å². The van der Waals surface area contributed by atoms with Gasteiger partial charge in [0.15, 0.2) is 15.6 Å². The van der Waals surface area contributed by atoms with Gasteiger partial charge in [-0.1, -0.05) is 18.2 Å². The van der Waals surface area contributed by atoms with Gasteiger partial charge in [-0.2, -0.15) is 0 Å². The van der Waals surface area contributed by atoms with Crippen LogP contribution in [0.1, 0.15) is 10.4 Å². The van der Waals surface area contributed by atoms with E-state index in [9.17, 15) is 13.2 Å². The highest BCUT2D eigenvalue weighted by Crippen LogP contribution is 2.22. The number of carbonyl (C=O) groups is 1. The van der Waals surface area contributed by atoms with Gasteiger partial charge in [0.1, 0.15) is 15.7 Å². The number of hydrogen-bond donors (Lipinski definition) is 0. The van der Waals surface area contributed by atoms with E-state index >= 15 is 0 Å². The van der Waals surface area contributed by atoms with E-state index in [4.69, 9.17) is 4.74 Å². The Hall–Kier alpha value is -1.66. The number of carbonyl (C=O) groups excluding carboxylic acids is 1. The van der Waals surface area contributed by atoms with E-state index in [0.29, 0.717) is 5.75 Å². The molecule has 0 radical (unpaired) electrons. The zero-order valence-corrected chi connectivity index (χ0v) is 11.8. The van der Waals surface area contributed by atoms with Crippen molar-refractivity contribution in [3.05, 3.63) is 47.3 Å². The molecule has 0 unspecified atom stereocenters. The van der Waals surface area contributed by atoms with Crippen LogP contribution in [0, 0.1) is 0 Å². The lowest BCUT2D eigenvalue weighted by atomic mass is 10.1. The Morgan fingerprint density at radius 3 is 2.58 bits per heavy atom. The summed E-state index contributed by atoms with van der Waals surface area (Å²) < 4.78 is 29.3. The van der Waals surface area contributed by atoms with E-state index in [1.807, 2.05) is 0 Å². The number of ketones is 1. The fourth-order valence-electron chi connectivity index (χ4n) is 1.64. The SMILES string of the molecule is COc1ccccc1C(=O)CS(=O)(=O)c1cccs1. The summed E-state index contributed by atoms with van der Waals surface area (Å²) in [5.74, 6) is -0.631. The third kappa shape index (κ3) is 3.02. The fourth-order valence-corrected chi connectivity index (χ4v) is 3.94. The Labute approximate surface area is 115 Å². The first kappa shape index (κ1) is 13.8. The number of hydrogen-bond acceptors (Lipinski definition) is 5. The predicted octanol–water partition coefficient (Wildman–Crippen LogP) is 2.41. The van der Waals surface area contributed by atoms with Crippen LogP contribution in [0.5, 0.6) is 5.75 Å². The minimum Gasteiger partial charge on any atom is -0.496 e. The van der Waals surface area contributed by atoms with Crippen molar-refractivity contribution in [3.8, 4) is 5.75 Å². The Bertz CT molecular complexity index is 672. The predicted molar refractivity (Wildman–Crippen MR) is 73.7 cm³/mol. The number of Topliss-reactive ketones (excluding diaryl/α,β-unsaturated/α-hetero) is 1. The van der Waals surface area contributed by atoms with Crippen LogP contribution in [-0.4, -0.2) is 27.1 Å². The van der Waals surface area contributed by atoms with Gasteiger partial charge in [0, 0.05) is 0 Å². The second-order valence-corrected chi connectivity index (χ2v) is 6.98. The standard InChI is InChI=1S/C13H12O4S2/c1-17-12-6-3-2-5-10(12)11(14)9-19(15,16)13-7-4-8-18-13/h2-8H,9H2,1H3. The number of methoxy groups -OCH3 is 1. The molecular weight excluding hydrogens is 284 g/mol. The molecule has 0 aliphatic heterocycles. The Morgan fingerprint density at radius 2 is 1.95 bits per heavy atom. The molecule has 1 heterocycles. The maximum absolute atomic E-state index is 12.1. The number of para-hydroxylation sites is 1. The second-order valence-electron chi connectivity index (χ2n) is 3.81. The Kier molecular flexibility index (Phi) is 4.01. The first-order valence-corrected chi connectivity index (χ1v) is 8.00. The molecule has 4 nitrogen and oxygen atoms in total. The molecule has 0 spiro atoms. The average Bonchev–Trinajstić information content (AvgIpc) is 2.93. The van der Waals surface area contributed by atoms with Gasteiger partial charge in [-0.3, -0.25) is 4.79 Å². The number of ether oxygens (including phenoxy) is 1. The van der Waals surface area contributed by atoms with Crippen LogP contribution in [0.4, 0.5) is 0 Å². The van der Waals surface area contributed by atoms with E-state index < -0.39 is 21.4 Å². The molecular formula is C13H12O4S2. The van der Waals surface area contributed by atoms with Crippen LogP contribution >= 0.6 is 11.3 Å². The molecule has 0 saturated heterocycles. The molecule has 0 aliphatic carbocycles. The molecule has 1 aromatic heterocycles. The number of sulfone groups is 1. The van der Waals surface area contributed by atoms with Gasteiger partial charge < -0.3 is 4.74 Å². The third-order valence-electron chi connectivity index (χ3n) is 2.53. The molecule has 0 atom stereocenters. The summed E-state index contributed by atoms with van der Waals surface area (Å²) in [6, 6.07) is 9.73. The van der Waals surface area contributed by atoms with Crippen LogP contribution < -0.4 is 4.74 Å². The molecule has 6 heteroatoms. The maximum atomic E-state index is 12.1. The lowest BCUT2D eigenvalue weighted by Crippen LogP contribution is -2.16. The molecule has 0 bridgehead atoms. The Balaban J connectivity index is 2.27. The maximum Gasteiger partial charge on any atom is 0.195 e. The summed E-state index contributed by atoms with van der Waals surface area (Å²) in [7, 11) is -2.13. The normalized spacial score (nSPS) is 11.2. The second kappa shape index (κ2) is 5.54. The summed E-state index contributed by atoms with van der Waals surface area (Å²) in [5, 5.41) is 1.67. The van der Waals surface area contributed by atoms with Crippen molar-refractivity contribution in [2.75, 3.05) is 12.9 Å². The number of benzene rings is 1. The largest absolute Gasteiger partial charge is 0.496 e. The third-order valence-corrected chi connectivity index (χ3v) is 5.63. The van der Waals surface area contributed by atoms with Gasteiger partial charge in [0.05, 0.1) is 12.7 Å². The van der Waals surface area contributed by atoms with E-state index in [1.165, 1.54) is 13.2 Å². The first-order chi connectivity index (χ1) is 9.04. The lowest BCUT2D eigenvalue weighted by molar-refractivity contribution is 0.101. The zero-order valence-electron chi connectivity index (χ0n) is 10.2. The lowest BCUT2D eigenvalue weighted by Gasteiger charge is -2.07.